The number of halogens is 1. The van der Waals surface area contributed by atoms with Gasteiger partial charge in [0.05, 0.1) is 12.7 Å². The first-order valence-corrected chi connectivity index (χ1v) is 7.52. The molecule has 0 spiro atoms. The smallest absolute Gasteiger partial charge is 0.255 e. The number of methoxy groups -OCH3 is 1. The number of nitrogens with one attached hydrogen (secondary N) is 2. The summed E-state index contributed by atoms with van der Waals surface area (Å²) < 4.78 is 17.9. The van der Waals surface area contributed by atoms with Gasteiger partial charge in [-0.2, -0.15) is 0 Å². The fourth-order valence-corrected chi connectivity index (χ4v) is 2.11. The molecular formula is C18H19FN2O3. The van der Waals surface area contributed by atoms with Crippen molar-refractivity contribution >= 4 is 11.8 Å². The van der Waals surface area contributed by atoms with Crippen LogP contribution < -0.4 is 15.4 Å². The molecule has 24 heavy (non-hydrogen) atoms. The molecule has 0 fully saturated rings. The van der Waals surface area contributed by atoms with Crippen molar-refractivity contribution in [3.05, 3.63) is 65.5 Å². The van der Waals surface area contributed by atoms with Crippen LogP contribution in [0.3, 0.4) is 0 Å². The normalized spacial score (nSPS) is 10.1. The van der Waals surface area contributed by atoms with Gasteiger partial charge in [-0.3, -0.25) is 9.59 Å². The van der Waals surface area contributed by atoms with Crippen molar-refractivity contribution in [3.8, 4) is 5.75 Å². The van der Waals surface area contributed by atoms with Gasteiger partial charge in [0.2, 0.25) is 5.91 Å². The minimum Gasteiger partial charge on any atom is -0.496 e. The van der Waals surface area contributed by atoms with E-state index in [-0.39, 0.29) is 30.6 Å². The number of carbonyl (C=O) groups is 2. The predicted molar refractivity (Wildman–Crippen MR) is 88.2 cm³/mol. The molecule has 5 nitrogen and oxygen atoms in total. The highest BCUT2D eigenvalue weighted by molar-refractivity contribution is 5.97. The maximum atomic E-state index is 12.8. The quantitative estimate of drug-likeness (QED) is 0.818. The van der Waals surface area contributed by atoms with Crippen molar-refractivity contribution in [1.82, 2.24) is 10.6 Å². The molecule has 2 rings (SSSR count). The van der Waals surface area contributed by atoms with Gasteiger partial charge in [0.25, 0.3) is 5.91 Å². The molecular weight excluding hydrogens is 311 g/mol. The van der Waals surface area contributed by atoms with Crippen LogP contribution in [-0.4, -0.2) is 25.5 Å². The molecule has 0 saturated heterocycles. The second-order valence-electron chi connectivity index (χ2n) is 5.11. The topological polar surface area (TPSA) is 67.4 Å². The molecule has 0 atom stereocenters. The highest BCUT2D eigenvalue weighted by Crippen LogP contribution is 2.16. The third-order valence-corrected chi connectivity index (χ3v) is 3.39. The maximum Gasteiger partial charge on any atom is 0.255 e. The Labute approximate surface area is 139 Å². The number of hydrogen-bond donors (Lipinski definition) is 2. The van der Waals surface area contributed by atoms with Crippen molar-refractivity contribution in [2.75, 3.05) is 13.7 Å². The molecule has 0 aliphatic heterocycles. The minimum atomic E-state index is -0.316. The van der Waals surface area contributed by atoms with E-state index in [0.29, 0.717) is 17.9 Å². The van der Waals surface area contributed by atoms with E-state index < -0.39 is 0 Å². The first-order valence-electron chi connectivity index (χ1n) is 7.52. The zero-order chi connectivity index (χ0) is 17.4. The Morgan fingerprint density at radius 2 is 1.75 bits per heavy atom. The van der Waals surface area contributed by atoms with Crippen LogP contribution in [0, 0.1) is 5.82 Å². The SMILES string of the molecule is COc1ccccc1C(=O)NCCC(=O)NCc1ccc(F)cc1. The van der Waals surface area contributed by atoms with Crippen molar-refractivity contribution in [3.63, 3.8) is 0 Å². The Morgan fingerprint density at radius 3 is 2.46 bits per heavy atom. The number of ether oxygens (including phenoxy) is 1. The number of carbonyl (C=O) groups excluding carboxylic acids is 2. The molecule has 2 N–H and O–H groups in total. The fourth-order valence-electron chi connectivity index (χ4n) is 2.11. The van der Waals surface area contributed by atoms with Gasteiger partial charge in [-0.15, -0.1) is 0 Å². The molecule has 0 aromatic heterocycles. The fraction of sp³-hybridized carbons (Fsp3) is 0.222. The van der Waals surface area contributed by atoms with Crippen LogP contribution >= 0.6 is 0 Å². The van der Waals surface area contributed by atoms with Crippen LogP contribution in [0.2, 0.25) is 0 Å². The first kappa shape index (κ1) is 17.5. The summed E-state index contributed by atoms with van der Waals surface area (Å²) in [7, 11) is 1.50. The minimum absolute atomic E-state index is 0.155. The van der Waals surface area contributed by atoms with Gasteiger partial charge in [0, 0.05) is 19.5 Å². The van der Waals surface area contributed by atoms with Gasteiger partial charge in [-0.05, 0) is 29.8 Å². The molecule has 126 valence electrons. The molecule has 0 heterocycles. The van der Waals surface area contributed by atoms with Crippen molar-refractivity contribution < 1.29 is 18.7 Å². The summed E-state index contributed by atoms with van der Waals surface area (Å²) in [6, 6.07) is 12.8. The van der Waals surface area contributed by atoms with Gasteiger partial charge in [0.15, 0.2) is 0 Å². The summed E-state index contributed by atoms with van der Waals surface area (Å²) in [6.07, 6.45) is 0.155. The van der Waals surface area contributed by atoms with E-state index in [0.717, 1.165) is 5.56 Å². The maximum absolute atomic E-state index is 12.8. The lowest BCUT2D eigenvalue weighted by molar-refractivity contribution is -0.121. The Balaban J connectivity index is 1.74. The van der Waals surface area contributed by atoms with E-state index in [2.05, 4.69) is 10.6 Å². The highest BCUT2D eigenvalue weighted by atomic mass is 19.1. The lowest BCUT2D eigenvalue weighted by Crippen LogP contribution is -2.30. The third-order valence-electron chi connectivity index (χ3n) is 3.39. The summed E-state index contributed by atoms with van der Waals surface area (Å²) >= 11 is 0. The van der Waals surface area contributed by atoms with Gasteiger partial charge in [-0.1, -0.05) is 24.3 Å². The van der Waals surface area contributed by atoms with E-state index >= 15 is 0 Å². The van der Waals surface area contributed by atoms with E-state index in [1.54, 1.807) is 36.4 Å². The Bertz CT molecular complexity index is 702. The van der Waals surface area contributed by atoms with Crippen LogP contribution in [0.1, 0.15) is 22.3 Å². The van der Waals surface area contributed by atoms with Crippen LogP contribution in [0.4, 0.5) is 4.39 Å². The molecule has 0 saturated carbocycles. The number of amides is 2. The standard InChI is InChI=1S/C18H19FN2O3/c1-24-16-5-3-2-4-15(16)18(23)20-11-10-17(22)21-12-13-6-8-14(19)9-7-13/h2-9H,10-12H2,1H3,(H,20,23)(H,21,22). The first-order chi connectivity index (χ1) is 11.6. The average molecular weight is 330 g/mol. The number of rotatable bonds is 7. The Morgan fingerprint density at radius 1 is 1.04 bits per heavy atom. The molecule has 0 aliphatic carbocycles. The molecule has 0 radical (unpaired) electrons. The highest BCUT2D eigenvalue weighted by Gasteiger charge is 2.11. The zero-order valence-electron chi connectivity index (χ0n) is 13.3. The summed E-state index contributed by atoms with van der Waals surface area (Å²) in [4.78, 5) is 23.8. The zero-order valence-corrected chi connectivity index (χ0v) is 13.3. The van der Waals surface area contributed by atoms with Crippen LogP contribution in [0.25, 0.3) is 0 Å². The van der Waals surface area contributed by atoms with E-state index in [1.807, 2.05) is 0 Å². The van der Waals surface area contributed by atoms with E-state index in [1.165, 1.54) is 19.2 Å². The number of benzene rings is 2. The largest absolute Gasteiger partial charge is 0.496 e. The number of para-hydroxylation sites is 1. The van der Waals surface area contributed by atoms with Gasteiger partial charge >= 0.3 is 0 Å². The molecule has 2 aromatic rings. The molecule has 6 heteroatoms. The summed E-state index contributed by atoms with van der Waals surface area (Å²) in [6.45, 7) is 0.533. The second-order valence-corrected chi connectivity index (χ2v) is 5.11. The summed E-state index contributed by atoms with van der Waals surface area (Å²) in [5.41, 5.74) is 1.23. The second kappa shape index (κ2) is 8.67. The molecule has 0 aliphatic rings. The summed E-state index contributed by atoms with van der Waals surface area (Å²) in [5.74, 6) is -0.321. The van der Waals surface area contributed by atoms with Crippen molar-refractivity contribution in [2.45, 2.75) is 13.0 Å². The molecule has 2 amide bonds. The molecule has 0 unspecified atom stereocenters. The third kappa shape index (κ3) is 5.08. The van der Waals surface area contributed by atoms with Crippen molar-refractivity contribution in [1.29, 1.82) is 0 Å². The van der Waals surface area contributed by atoms with Crippen LogP contribution in [0.5, 0.6) is 5.75 Å². The average Bonchev–Trinajstić information content (AvgIpc) is 2.61. The van der Waals surface area contributed by atoms with Crippen LogP contribution in [0.15, 0.2) is 48.5 Å². The molecule has 2 aromatic carbocycles. The monoisotopic (exact) mass is 330 g/mol. The van der Waals surface area contributed by atoms with E-state index in [4.69, 9.17) is 4.74 Å². The van der Waals surface area contributed by atoms with Gasteiger partial charge in [-0.25, -0.2) is 4.39 Å². The Kier molecular flexibility index (Phi) is 6.31. The van der Waals surface area contributed by atoms with E-state index in [9.17, 15) is 14.0 Å². The Hall–Kier alpha value is -2.89. The molecule has 0 bridgehead atoms. The van der Waals surface area contributed by atoms with Gasteiger partial charge in [0.1, 0.15) is 11.6 Å². The lowest BCUT2D eigenvalue weighted by atomic mass is 10.2. The van der Waals surface area contributed by atoms with Crippen molar-refractivity contribution in [2.24, 2.45) is 0 Å². The predicted octanol–water partition coefficient (Wildman–Crippen LogP) is 2.27. The summed E-state index contributed by atoms with van der Waals surface area (Å²) in [5, 5.41) is 5.40. The number of hydrogen-bond acceptors (Lipinski definition) is 3. The van der Waals surface area contributed by atoms with Gasteiger partial charge < -0.3 is 15.4 Å². The van der Waals surface area contributed by atoms with Crippen LogP contribution in [-0.2, 0) is 11.3 Å². The lowest BCUT2D eigenvalue weighted by Gasteiger charge is -2.09.